The molecule has 1 rings (SSSR count). The fourth-order valence-corrected chi connectivity index (χ4v) is 3.51. The van der Waals surface area contributed by atoms with E-state index >= 15 is 0 Å². The summed E-state index contributed by atoms with van der Waals surface area (Å²) in [4.78, 5) is 2.59. The number of hydrogen-bond acceptors (Lipinski definition) is 4. The quantitative estimate of drug-likeness (QED) is 0.848. The van der Waals surface area contributed by atoms with Crippen LogP contribution in [0.3, 0.4) is 0 Å². The standard InChI is InChI=1S/C13H23NO2S2/c1-10-8-12(17-11(10)2)9-14-6-7-18(15,16)13(3,4)5/h8,14H,6-7,9H2,1-5H3. The summed E-state index contributed by atoms with van der Waals surface area (Å²) in [5, 5.41) is 3.20. The maximum Gasteiger partial charge on any atom is 0.156 e. The van der Waals surface area contributed by atoms with Crippen LogP contribution in [0.4, 0.5) is 0 Å². The number of rotatable bonds is 5. The van der Waals surface area contributed by atoms with Gasteiger partial charge < -0.3 is 5.32 Å². The van der Waals surface area contributed by atoms with Crippen molar-refractivity contribution in [2.24, 2.45) is 0 Å². The van der Waals surface area contributed by atoms with Crippen molar-refractivity contribution >= 4 is 21.2 Å². The van der Waals surface area contributed by atoms with Gasteiger partial charge in [-0.1, -0.05) is 0 Å². The second-order valence-electron chi connectivity index (χ2n) is 5.56. The average Bonchev–Trinajstić information content (AvgIpc) is 2.52. The first-order valence-electron chi connectivity index (χ1n) is 6.12. The van der Waals surface area contributed by atoms with E-state index in [4.69, 9.17) is 0 Å². The molecule has 5 heteroatoms. The molecule has 0 aliphatic heterocycles. The molecule has 0 unspecified atom stereocenters. The third-order valence-electron chi connectivity index (χ3n) is 3.00. The van der Waals surface area contributed by atoms with Crippen LogP contribution in [0, 0.1) is 13.8 Å². The highest BCUT2D eigenvalue weighted by molar-refractivity contribution is 7.92. The number of aryl methyl sites for hydroxylation is 2. The summed E-state index contributed by atoms with van der Waals surface area (Å²) in [5.74, 6) is 0.194. The predicted octanol–water partition coefficient (Wildman–Crippen LogP) is 2.67. The van der Waals surface area contributed by atoms with Crippen molar-refractivity contribution in [2.45, 2.75) is 45.9 Å². The predicted molar refractivity (Wildman–Crippen MR) is 79.0 cm³/mol. The van der Waals surface area contributed by atoms with E-state index in [1.54, 1.807) is 32.1 Å². The summed E-state index contributed by atoms with van der Waals surface area (Å²) in [6.07, 6.45) is 0. The van der Waals surface area contributed by atoms with Crippen LogP contribution in [0.15, 0.2) is 6.07 Å². The van der Waals surface area contributed by atoms with Gasteiger partial charge in [-0.2, -0.15) is 0 Å². The van der Waals surface area contributed by atoms with Gasteiger partial charge in [-0.15, -0.1) is 11.3 Å². The Labute approximate surface area is 115 Å². The molecule has 104 valence electrons. The van der Waals surface area contributed by atoms with Crippen molar-refractivity contribution in [1.82, 2.24) is 5.32 Å². The molecule has 0 radical (unpaired) electrons. The lowest BCUT2D eigenvalue weighted by Gasteiger charge is -2.19. The largest absolute Gasteiger partial charge is 0.311 e. The summed E-state index contributed by atoms with van der Waals surface area (Å²) < 4.78 is 23.1. The summed E-state index contributed by atoms with van der Waals surface area (Å²) in [5.41, 5.74) is 1.30. The minimum atomic E-state index is -3.01. The van der Waals surface area contributed by atoms with Gasteiger partial charge in [0, 0.05) is 22.8 Å². The van der Waals surface area contributed by atoms with Crippen LogP contribution in [0.2, 0.25) is 0 Å². The molecule has 0 aliphatic rings. The first kappa shape index (κ1) is 15.7. The SMILES string of the molecule is Cc1cc(CNCCS(=O)(=O)C(C)(C)C)sc1C. The van der Waals surface area contributed by atoms with Crippen LogP contribution in [0.25, 0.3) is 0 Å². The third kappa shape index (κ3) is 4.07. The van der Waals surface area contributed by atoms with E-state index in [-0.39, 0.29) is 5.75 Å². The van der Waals surface area contributed by atoms with Crippen LogP contribution in [0.1, 0.15) is 36.1 Å². The molecular weight excluding hydrogens is 266 g/mol. The van der Waals surface area contributed by atoms with E-state index in [0.29, 0.717) is 6.54 Å². The van der Waals surface area contributed by atoms with Gasteiger partial charge in [-0.25, -0.2) is 8.42 Å². The van der Waals surface area contributed by atoms with Gasteiger partial charge in [-0.3, -0.25) is 0 Å². The minimum absolute atomic E-state index is 0.194. The van der Waals surface area contributed by atoms with Crippen molar-refractivity contribution in [3.05, 3.63) is 21.4 Å². The fourth-order valence-electron chi connectivity index (χ4n) is 1.46. The Balaban J connectivity index is 2.40. The molecule has 0 fully saturated rings. The van der Waals surface area contributed by atoms with Crippen molar-refractivity contribution in [2.75, 3.05) is 12.3 Å². The molecule has 1 heterocycles. The Hall–Kier alpha value is -0.390. The highest BCUT2D eigenvalue weighted by atomic mass is 32.2. The summed E-state index contributed by atoms with van der Waals surface area (Å²) in [7, 11) is -3.01. The van der Waals surface area contributed by atoms with Gasteiger partial charge in [0.25, 0.3) is 0 Å². The smallest absolute Gasteiger partial charge is 0.156 e. The van der Waals surface area contributed by atoms with E-state index in [1.807, 2.05) is 0 Å². The molecular formula is C13H23NO2S2. The Morgan fingerprint density at radius 2 is 1.89 bits per heavy atom. The molecule has 0 amide bonds. The summed E-state index contributed by atoms with van der Waals surface area (Å²) >= 11 is 1.77. The van der Waals surface area contributed by atoms with Crippen LogP contribution >= 0.6 is 11.3 Å². The van der Waals surface area contributed by atoms with Gasteiger partial charge in [0.05, 0.1) is 10.5 Å². The third-order valence-corrected chi connectivity index (χ3v) is 6.76. The monoisotopic (exact) mass is 289 g/mol. The molecule has 1 aromatic rings. The Morgan fingerprint density at radius 1 is 1.28 bits per heavy atom. The minimum Gasteiger partial charge on any atom is -0.311 e. The Kier molecular flexibility index (Phi) is 4.98. The van der Waals surface area contributed by atoms with Crippen molar-refractivity contribution < 1.29 is 8.42 Å². The van der Waals surface area contributed by atoms with Crippen LogP contribution in [-0.2, 0) is 16.4 Å². The number of hydrogen-bond donors (Lipinski definition) is 1. The zero-order valence-electron chi connectivity index (χ0n) is 11.8. The van der Waals surface area contributed by atoms with Gasteiger partial charge in [0.2, 0.25) is 0 Å². The highest BCUT2D eigenvalue weighted by Gasteiger charge is 2.27. The van der Waals surface area contributed by atoms with E-state index in [0.717, 1.165) is 6.54 Å². The molecule has 0 atom stereocenters. The zero-order chi connectivity index (χ0) is 14.0. The first-order valence-corrected chi connectivity index (χ1v) is 8.59. The van der Waals surface area contributed by atoms with Crippen LogP contribution in [-0.4, -0.2) is 25.5 Å². The van der Waals surface area contributed by atoms with Crippen molar-refractivity contribution in [3.8, 4) is 0 Å². The number of thiophene rings is 1. The summed E-state index contributed by atoms with van der Waals surface area (Å²) in [6, 6.07) is 2.16. The van der Waals surface area contributed by atoms with E-state index in [9.17, 15) is 8.42 Å². The molecule has 1 N–H and O–H groups in total. The highest BCUT2D eigenvalue weighted by Crippen LogP contribution is 2.20. The molecule has 0 aliphatic carbocycles. The molecule has 0 saturated carbocycles. The number of nitrogens with one attached hydrogen (secondary N) is 1. The number of sulfone groups is 1. The van der Waals surface area contributed by atoms with Crippen LogP contribution < -0.4 is 5.32 Å². The molecule has 1 aromatic heterocycles. The lowest BCUT2D eigenvalue weighted by atomic mass is 10.3. The topological polar surface area (TPSA) is 46.2 Å². The van der Waals surface area contributed by atoms with Crippen molar-refractivity contribution in [1.29, 1.82) is 0 Å². The lowest BCUT2D eigenvalue weighted by molar-refractivity contribution is 0.556. The fraction of sp³-hybridized carbons (Fsp3) is 0.692. The maximum absolute atomic E-state index is 11.9. The molecule has 3 nitrogen and oxygen atoms in total. The van der Waals surface area contributed by atoms with Gasteiger partial charge in [0.1, 0.15) is 0 Å². The van der Waals surface area contributed by atoms with Gasteiger partial charge in [0.15, 0.2) is 9.84 Å². The normalized spacial score (nSPS) is 12.9. The van der Waals surface area contributed by atoms with E-state index in [2.05, 4.69) is 25.2 Å². The van der Waals surface area contributed by atoms with E-state index in [1.165, 1.54) is 15.3 Å². The second kappa shape index (κ2) is 5.72. The molecule has 0 aromatic carbocycles. The molecule has 18 heavy (non-hydrogen) atoms. The Bertz CT molecular complexity index is 476. The lowest BCUT2D eigenvalue weighted by Crippen LogP contribution is -2.34. The Morgan fingerprint density at radius 3 is 2.33 bits per heavy atom. The maximum atomic E-state index is 11.9. The average molecular weight is 289 g/mol. The molecule has 0 bridgehead atoms. The molecule has 0 spiro atoms. The van der Waals surface area contributed by atoms with Gasteiger partial charge >= 0.3 is 0 Å². The van der Waals surface area contributed by atoms with E-state index < -0.39 is 14.6 Å². The second-order valence-corrected chi connectivity index (χ2v) is 9.76. The van der Waals surface area contributed by atoms with Crippen molar-refractivity contribution in [3.63, 3.8) is 0 Å². The first-order chi connectivity index (χ1) is 8.13. The van der Waals surface area contributed by atoms with Crippen LogP contribution in [0.5, 0.6) is 0 Å². The summed E-state index contributed by atoms with van der Waals surface area (Å²) in [6.45, 7) is 10.7. The van der Waals surface area contributed by atoms with Gasteiger partial charge in [-0.05, 0) is 46.2 Å². The molecule has 0 saturated heterocycles. The zero-order valence-corrected chi connectivity index (χ0v) is 13.5.